The number of nitrogens with zero attached hydrogens (tertiary/aromatic N) is 1. The fraction of sp³-hybridized carbons (Fsp3) is 0.440. The number of esters is 1. The number of carbonyl (C=O) groups excluding carboxylic acids is 2. The van der Waals surface area contributed by atoms with E-state index in [4.69, 9.17) is 4.74 Å². The maximum Gasteiger partial charge on any atom is 0.310 e. The standard InChI is InChI=1S/C25H32N2O3.BrH/c1-3-24(29)30-22-15-11-12-20(2)25(22)26-23(28)19-27(16-9-4-5-10-17-27)18-21-13-7-6-8-14-21;/h6-8,11-15H,3-5,9-10,16-19H2,1-2H3;1H. The van der Waals surface area contributed by atoms with Gasteiger partial charge in [-0.15, -0.1) is 0 Å². The monoisotopic (exact) mass is 488 g/mol. The average molecular weight is 489 g/mol. The number of para-hydroxylation sites is 1. The van der Waals surface area contributed by atoms with Gasteiger partial charge in [-0.3, -0.25) is 9.59 Å². The van der Waals surface area contributed by atoms with Gasteiger partial charge in [0.25, 0.3) is 5.91 Å². The summed E-state index contributed by atoms with van der Waals surface area (Å²) in [5.74, 6) is 0.0767. The van der Waals surface area contributed by atoms with E-state index in [0.29, 0.717) is 24.4 Å². The quantitative estimate of drug-likeness (QED) is 0.367. The van der Waals surface area contributed by atoms with E-state index in [1.165, 1.54) is 18.4 Å². The zero-order valence-electron chi connectivity index (χ0n) is 18.5. The van der Waals surface area contributed by atoms with E-state index in [-0.39, 0.29) is 28.9 Å². The van der Waals surface area contributed by atoms with Gasteiger partial charge in [-0.2, -0.15) is 0 Å². The molecule has 0 radical (unpaired) electrons. The highest BCUT2D eigenvalue weighted by Crippen LogP contribution is 2.29. The summed E-state index contributed by atoms with van der Waals surface area (Å²) in [6, 6.07) is 15.9. The van der Waals surface area contributed by atoms with Crippen LogP contribution in [0, 0.1) is 6.92 Å². The summed E-state index contributed by atoms with van der Waals surface area (Å²) in [6.45, 7) is 6.97. The van der Waals surface area contributed by atoms with Gasteiger partial charge in [0.2, 0.25) is 0 Å². The van der Waals surface area contributed by atoms with Gasteiger partial charge in [0.1, 0.15) is 6.54 Å². The number of halogens is 1. The van der Waals surface area contributed by atoms with Crippen LogP contribution in [0.1, 0.15) is 50.2 Å². The van der Waals surface area contributed by atoms with E-state index < -0.39 is 0 Å². The minimum absolute atomic E-state index is 0. The van der Waals surface area contributed by atoms with Crippen LogP contribution >= 0.6 is 0 Å². The van der Waals surface area contributed by atoms with Crippen LogP contribution < -0.4 is 27.0 Å². The molecule has 6 heteroatoms. The van der Waals surface area contributed by atoms with Crippen molar-refractivity contribution in [3.05, 3.63) is 59.7 Å². The predicted molar refractivity (Wildman–Crippen MR) is 119 cm³/mol. The van der Waals surface area contributed by atoms with Gasteiger partial charge < -0.3 is 31.5 Å². The Morgan fingerprint density at radius 1 is 0.968 bits per heavy atom. The lowest BCUT2D eigenvalue weighted by atomic mass is 10.1. The minimum atomic E-state index is -0.309. The van der Waals surface area contributed by atoms with Crippen LogP contribution in [0.15, 0.2) is 48.5 Å². The molecule has 0 spiro atoms. The van der Waals surface area contributed by atoms with Gasteiger partial charge >= 0.3 is 5.97 Å². The Morgan fingerprint density at radius 2 is 1.65 bits per heavy atom. The fourth-order valence-corrected chi connectivity index (χ4v) is 4.27. The maximum absolute atomic E-state index is 13.2. The Balaban J connectivity index is 0.00000341. The molecule has 2 aromatic carbocycles. The van der Waals surface area contributed by atoms with Crippen molar-refractivity contribution < 1.29 is 35.8 Å². The molecule has 5 nitrogen and oxygen atoms in total. The maximum atomic E-state index is 13.2. The van der Waals surface area contributed by atoms with Crippen molar-refractivity contribution in [3.63, 3.8) is 0 Å². The molecule has 1 saturated heterocycles. The third kappa shape index (κ3) is 7.18. The topological polar surface area (TPSA) is 55.4 Å². The number of quaternary nitrogens is 1. The molecule has 1 aliphatic rings. The summed E-state index contributed by atoms with van der Waals surface area (Å²) in [4.78, 5) is 25.0. The summed E-state index contributed by atoms with van der Waals surface area (Å²) in [6.07, 6.45) is 5.03. The first-order chi connectivity index (χ1) is 14.5. The first-order valence-corrected chi connectivity index (χ1v) is 11.0. The lowest BCUT2D eigenvalue weighted by molar-refractivity contribution is -0.932. The SMILES string of the molecule is CCC(=O)Oc1cccc(C)c1NC(=O)C[N+]1(Cc2ccccc2)CCCCCC1.[Br-]. The number of hydrogen-bond donors (Lipinski definition) is 1. The van der Waals surface area contributed by atoms with E-state index in [2.05, 4.69) is 29.6 Å². The highest BCUT2D eigenvalue weighted by atomic mass is 79.9. The summed E-state index contributed by atoms with van der Waals surface area (Å²) in [5.41, 5.74) is 2.74. The first kappa shape index (κ1) is 25.1. The van der Waals surface area contributed by atoms with Crippen molar-refractivity contribution >= 4 is 17.6 Å². The van der Waals surface area contributed by atoms with Crippen molar-refractivity contribution in [3.8, 4) is 5.75 Å². The Morgan fingerprint density at radius 3 is 2.29 bits per heavy atom. The molecular weight excluding hydrogens is 456 g/mol. The molecule has 0 saturated carbocycles. The second kappa shape index (κ2) is 12.0. The Kier molecular flexibility index (Phi) is 9.72. The van der Waals surface area contributed by atoms with Crippen molar-refractivity contribution in [2.45, 2.75) is 52.5 Å². The number of nitrogens with one attached hydrogen (secondary N) is 1. The Labute approximate surface area is 196 Å². The van der Waals surface area contributed by atoms with Crippen LogP contribution in [0.3, 0.4) is 0 Å². The Hall–Kier alpha value is -2.18. The molecule has 1 fully saturated rings. The predicted octanol–water partition coefficient (Wildman–Crippen LogP) is 1.84. The molecule has 0 bridgehead atoms. The second-order valence-electron chi connectivity index (χ2n) is 8.33. The average Bonchev–Trinajstić information content (AvgIpc) is 2.96. The molecule has 168 valence electrons. The van der Waals surface area contributed by atoms with Gasteiger partial charge in [-0.25, -0.2) is 0 Å². The molecule has 2 aromatic rings. The van der Waals surface area contributed by atoms with E-state index >= 15 is 0 Å². The Bertz CT molecular complexity index is 862. The zero-order chi connectivity index (χ0) is 21.4. The normalized spacial score (nSPS) is 15.3. The molecule has 31 heavy (non-hydrogen) atoms. The molecule has 1 aliphatic heterocycles. The molecule has 1 N–H and O–H groups in total. The number of carbonyl (C=O) groups is 2. The second-order valence-corrected chi connectivity index (χ2v) is 8.33. The number of amides is 1. The van der Waals surface area contributed by atoms with E-state index in [1.807, 2.05) is 25.1 Å². The molecule has 0 aromatic heterocycles. The van der Waals surface area contributed by atoms with Crippen LogP contribution in [0.25, 0.3) is 0 Å². The number of ether oxygens (including phenoxy) is 1. The van der Waals surface area contributed by atoms with E-state index in [1.54, 1.807) is 13.0 Å². The van der Waals surface area contributed by atoms with Crippen LogP contribution in [-0.4, -0.2) is 36.0 Å². The van der Waals surface area contributed by atoms with Crippen LogP contribution in [-0.2, 0) is 16.1 Å². The third-order valence-corrected chi connectivity index (χ3v) is 5.87. The number of likely N-dealkylation sites (tertiary alicyclic amines) is 1. The van der Waals surface area contributed by atoms with Crippen molar-refractivity contribution in [2.24, 2.45) is 0 Å². The molecular formula is C25H33BrN2O3. The van der Waals surface area contributed by atoms with Gasteiger partial charge in [0, 0.05) is 12.0 Å². The highest BCUT2D eigenvalue weighted by Gasteiger charge is 2.32. The van der Waals surface area contributed by atoms with Crippen molar-refractivity contribution in [1.29, 1.82) is 0 Å². The van der Waals surface area contributed by atoms with Gasteiger partial charge in [0.05, 0.1) is 18.8 Å². The molecule has 1 heterocycles. The van der Waals surface area contributed by atoms with Crippen molar-refractivity contribution in [1.82, 2.24) is 0 Å². The first-order valence-electron chi connectivity index (χ1n) is 11.0. The zero-order valence-corrected chi connectivity index (χ0v) is 20.1. The number of hydrogen-bond acceptors (Lipinski definition) is 3. The van der Waals surface area contributed by atoms with Crippen LogP contribution in [0.4, 0.5) is 5.69 Å². The van der Waals surface area contributed by atoms with Gasteiger partial charge in [0.15, 0.2) is 12.3 Å². The lowest BCUT2D eigenvalue weighted by Gasteiger charge is -2.37. The number of benzene rings is 2. The number of rotatable bonds is 7. The summed E-state index contributed by atoms with van der Waals surface area (Å²) in [7, 11) is 0. The van der Waals surface area contributed by atoms with Crippen LogP contribution in [0.5, 0.6) is 5.75 Å². The highest BCUT2D eigenvalue weighted by molar-refractivity contribution is 5.94. The fourth-order valence-electron chi connectivity index (χ4n) is 4.27. The number of aryl methyl sites for hydroxylation is 1. The molecule has 0 unspecified atom stereocenters. The summed E-state index contributed by atoms with van der Waals surface area (Å²) >= 11 is 0. The molecule has 0 aliphatic carbocycles. The van der Waals surface area contributed by atoms with Crippen LogP contribution in [0.2, 0.25) is 0 Å². The lowest BCUT2D eigenvalue weighted by Crippen LogP contribution is -3.00. The summed E-state index contributed by atoms with van der Waals surface area (Å²) < 4.78 is 6.22. The molecule has 1 amide bonds. The molecule has 0 atom stereocenters. The largest absolute Gasteiger partial charge is 1.00 e. The smallest absolute Gasteiger partial charge is 0.310 e. The molecule has 3 rings (SSSR count). The van der Waals surface area contributed by atoms with Gasteiger partial charge in [-0.1, -0.05) is 49.4 Å². The summed E-state index contributed by atoms with van der Waals surface area (Å²) in [5, 5.41) is 3.05. The number of anilines is 1. The van der Waals surface area contributed by atoms with Gasteiger partial charge in [-0.05, 0) is 44.2 Å². The van der Waals surface area contributed by atoms with E-state index in [9.17, 15) is 9.59 Å². The third-order valence-electron chi connectivity index (χ3n) is 5.87. The minimum Gasteiger partial charge on any atom is -1.00 e. The van der Waals surface area contributed by atoms with Crippen molar-refractivity contribution in [2.75, 3.05) is 25.0 Å². The van der Waals surface area contributed by atoms with E-state index in [0.717, 1.165) is 42.5 Å².